The van der Waals surface area contributed by atoms with E-state index in [0.29, 0.717) is 11.4 Å². The van der Waals surface area contributed by atoms with E-state index in [1.54, 1.807) is 18.7 Å². The van der Waals surface area contributed by atoms with Gasteiger partial charge in [-0.15, -0.1) is 0 Å². The van der Waals surface area contributed by atoms with Crippen LogP contribution in [0.5, 0.6) is 0 Å². The summed E-state index contributed by atoms with van der Waals surface area (Å²) in [6.45, 7) is 1.78. The summed E-state index contributed by atoms with van der Waals surface area (Å²) < 4.78 is 26.4. The highest BCUT2D eigenvalue weighted by molar-refractivity contribution is 7.91. The van der Waals surface area contributed by atoms with Crippen LogP contribution >= 0.6 is 0 Å². The van der Waals surface area contributed by atoms with E-state index in [-0.39, 0.29) is 17.1 Å². The maximum absolute atomic E-state index is 12.7. The van der Waals surface area contributed by atoms with Gasteiger partial charge < -0.3 is 10.4 Å². The summed E-state index contributed by atoms with van der Waals surface area (Å²) in [7, 11) is -1.51. The molecule has 1 aromatic heterocycles. The minimum absolute atomic E-state index is 0.173. The van der Waals surface area contributed by atoms with Gasteiger partial charge in [0.25, 0.3) is 5.56 Å². The topological polar surface area (TPSA) is 93.3 Å². The normalized spacial score (nSPS) is 23.1. The van der Waals surface area contributed by atoms with E-state index in [1.807, 2.05) is 30.3 Å². The van der Waals surface area contributed by atoms with Crippen LogP contribution in [0.2, 0.25) is 0 Å². The molecule has 8 heteroatoms. The van der Waals surface area contributed by atoms with Crippen LogP contribution in [0.3, 0.4) is 0 Å². The molecule has 2 N–H and O–H groups in total. The fourth-order valence-corrected chi connectivity index (χ4v) is 4.63. The second-order valence-electron chi connectivity index (χ2n) is 5.83. The summed E-state index contributed by atoms with van der Waals surface area (Å²) in [4.78, 5) is 12.7. The zero-order valence-corrected chi connectivity index (χ0v) is 13.7. The molecule has 0 aliphatic carbocycles. The molecular formula is C15H19N3O4S. The lowest BCUT2D eigenvalue weighted by Gasteiger charge is -2.14. The van der Waals surface area contributed by atoms with E-state index in [0.717, 1.165) is 5.69 Å². The molecule has 7 nitrogen and oxygen atoms in total. The van der Waals surface area contributed by atoms with Crippen molar-refractivity contribution in [1.29, 1.82) is 0 Å². The lowest BCUT2D eigenvalue weighted by molar-refractivity contribution is 0.190. The highest BCUT2D eigenvalue weighted by Gasteiger charge is 2.37. The number of anilines is 1. The van der Waals surface area contributed by atoms with Crippen molar-refractivity contribution >= 4 is 15.5 Å². The van der Waals surface area contributed by atoms with Crippen molar-refractivity contribution in [2.45, 2.75) is 19.1 Å². The van der Waals surface area contributed by atoms with Gasteiger partial charge in [0.15, 0.2) is 9.84 Å². The predicted octanol–water partition coefficient (Wildman–Crippen LogP) is 0.0542. The van der Waals surface area contributed by atoms with Gasteiger partial charge in [-0.25, -0.2) is 13.1 Å². The number of aliphatic hydroxyl groups is 1. The summed E-state index contributed by atoms with van der Waals surface area (Å²) >= 11 is 0. The van der Waals surface area contributed by atoms with Gasteiger partial charge >= 0.3 is 0 Å². The second kappa shape index (κ2) is 5.54. The zero-order valence-electron chi connectivity index (χ0n) is 12.9. The first-order chi connectivity index (χ1) is 10.8. The fraction of sp³-hybridized carbons (Fsp3) is 0.400. The maximum atomic E-state index is 12.7. The number of benzene rings is 1. The van der Waals surface area contributed by atoms with Gasteiger partial charge in [0.1, 0.15) is 5.69 Å². The predicted molar refractivity (Wildman–Crippen MR) is 87.8 cm³/mol. The minimum Gasteiger partial charge on any atom is -0.390 e. The molecule has 0 unspecified atom stereocenters. The third kappa shape index (κ3) is 2.79. The third-order valence-electron chi connectivity index (χ3n) is 4.21. The molecule has 124 valence electrons. The Balaban J connectivity index is 2.01. The number of hydrogen-bond acceptors (Lipinski definition) is 5. The quantitative estimate of drug-likeness (QED) is 0.826. The lowest BCUT2D eigenvalue weighted by atomic mass is 10.2. The van der Waals surface area contributed by atoms with Gasteiger partial charge in [-0.1, -0.05) is 18.2 Å². The van der Waals surface area contributed by atoms with Crippen LogP contribution in [0.4, 0.5) is 5.69 Å². The average molecular weight is 337 g/mol. The number of sulfone groups is 1. The Hall–Kier alpha value is -2.06. The molecule has 2 atom stereocenters. The highest BCUT2D eigenvalue weighted by Crippen LogP contribution is 2.20. The van der Waals surface area contributed by atoms with Gasteiger partial charge in [0.05, 0.1) is 35.0 Å². The molecule has 1 aromatic carbocycles. The molecule has 2 aromatic rings. The molecule has 1 fully saturated rings. The highest BCUT2D eigenvalue weighted by atomic mass is 32.2. The van der Waals surface area contributed by atoms with E-state index < -0.39 is 22.0 Å². The van der Waals surface area contributed by atoms with Crippen molar-refractivity contribution < 1.29 is 13.5 Å². The van der Waals surface area contributed by atoms with Crippen molar-refractivity contribution in [3.63, 3.8) is 0 Å². The van der Waals surface area contributed by atoms with Crippen LogP contribution in [0.25, 0.3) is 5.69 Å². The first-order valence-corrected chi connectivity index (χ1v) is 9.11. The van der Waals surface area contributed by atoms with Crippen molar-refractivity contribution in [3.8, 4) is 5.69 Å². The van der Waals surface area contributed by atoms with E-state index in [1.165, 1.54) is 4.68 Å². The van der Waals surface area contributed by atoms with Crippen LogP contribution in [0, 0.1) is 6.92 Å². The number of hydrogen-bond donors (Lipinski definition) is 2. The van der Waals surface area contributed by atoms with Crippen molar-refractivity contribution in [1.82, 2.24) is 9.36 Å². The molecule has 3 rings (SSSR count). The van der Waals surface area contributed by atoms with Gasteiger partial charge in [-0.05, 0) is 19.1 Å². The molecule has 1 saturated heterocycles. The number of nitrogens with zero attached hydrogens (tertiary/aromatic N) is 2. The van der Waals surface area contributed by atoms with Gasteiger partial charge in [0, 0.05) is 7.05 Å². The lowest BCUT2D eigenvalue weighted by Crippen LogP contribution is -2.34. The van der Waals surface area contributed by atoms with E-state index >= 15 is 0 Å². The standard InChI is InChI=1S/C15H19N3O4S/c1-10-14(16-12-8-23(21,22)9-13(12)19)15(20)18(17(10)2)11-6-4-3-5-7-11/h3-7,12-13,16,19H,8-9H2,1-2H3/t12-,13+/m1/s1. The summed E-state index contributed by atoms with van der Waals surface area (Å²) in [5.74, 6) is -0.448. The SMILES string of the molecule is Cc1c(N[C@@H]2CS(=O)(=O)C[C@@H]2O)c(=O)n(-c2ccccc2)n1C. The fourth-order valence-electron chi connectivity index (χ4n) is 2.89. The Morgan fingerprint density at radius 1 is 1.22 bits per heavy atom. The third-order valence-corrected chi connectivity index (χ3v) is 5.92. The van der Waals surface area contributed by atoms with Crippen LogP contribution in [0.15, 0.2) is 35.1 Å². The first-order valence-electron chi connectivity index (χ1n) is 7.29. The van der Waals surface area contributed by atoms with Gasteiger partial charge in [-0.2, -0.15) is 0 Å². The molecule has 0 radical (unpaired) electrons. The first kappa shape index (κ1) is 15.8. The van der Waals surface area contributed by atoms with Crippen molar-refractivity contribution in [3.05, 3.63) is 46.4 Å². The van der Waals surface area contributed by atoms with Crippen LogP contribution in [0.1, 0.15) is 5.69 Å². The Morgan fingerprint density at radius 3 is 2.43 bits per heavy atom. The number of aromatic nitrogens is 2. The largest absolute Gasteiger partial charge is 0.390 e. The summed E-state index contributed by atoms with van der Waals surface area (Å²) in [6.07, 6.45) is -1.01. The minimum atomic E-state index is -3.27. The molecule has 23 heavy (non-hydrogen) atoms. The van der Waals surface area contributed by atoms with Gasteiger partial charge in [-0.3, -0.25) is 9.48 Å². The molecule has 0 saturated carbocycles. The molecular weight excluding hydrogens is 318 g/mol. The summed E-state index contributed by atoms with van der Waals surface area (Å²) in [6, 6.07) is 8.51. The number of nitrogens with one attached hydrogen (secondary N) is 1. The number of para-hydroxylation sites is 1. The Kier molecular flexibility index (Phi) is 3.81. The Labute approximate surface area is 134 Å². The van der Waals surface area contributed by atoms with Gasteiger partial charge in [0.2, 0.25) is 0 Å². The smallest absolute Gasteiger partial charge is 0.295 e. The Morgan fingerprint density at radius 2 is 1.87 bits per heavy atom. The molecule has 2 heterocycles. The molecule has 1 aliphatic rings. The van der Waals surface area contributed by atoms with E-state index in [4.69, 9.17) is 0 Å². The molecule has 0 bridgehead atoms. The average Bonchev–Trinajstić information content (AvgIpc) is 2.87. The molecule has 0 spiro atoms. The number of aliphatic hydroxyl groups excluding tert-OH is 1. The second-order valence-corrected chi connectivity index (χ2v) is 7.99. The molecule has 1 aliphatic heterocycles. The maximum Gasteiger partial charge on any atom is 0.295 e. The van der Waals surface area contributed by atoms with E-state index in [2.05, 4.69) is 5.32 Å². The number of rotatable bonds is 3. The van der Waals surface area contributed by atoms with Crippen LogP contribution < -0.4 is 10.9 Å². The van der Waals surface area contributed by atoms with Crippen molar-refractivity contribution in [2.24, 2.45) is 7.05 Å². The van der Waals surface area contributed by atoms with Crippen molar-refractivity contribution in [2.75, 3.05) is 16.8 Å². The Bertz CT molecular complexity index is 883. The monoisotopic (exact) mass is 337 g/mol. The zero-order chi connectivity index (χ0) is 16.8. The van der Waals surface area contributed by atoms with Crippen LogP contribution in [-0.4, -0.2) is 46.5 Å². The van der Waals surface area contributed by atoms with Crippen LogP contribution in [-0.2, 0) is 16.9 Å². The molecule has 0 amide bonds. The van der Waals surface area contributed by atoms with E-state index in [9.17, 15) is 18.3 Å². The summed E-state index contributed by atoms with van der Waals surface area (Å²) in [5.41, 5.74) is 1.44. The summed E-state index contributed by atoms with van der Waals surface area (Å²) in [5, 5.41) is 12.8.